The van der Waals surface area contributed by atoms with Crippen LogP contribution < -0.4 is 10.1 Å². The zero-order valence-corrected chi connectivity index (χ0v) is 17.3. The fourth-order valence-electron chi connectivity index (χ4n) is 3.00. The number of aromatic nitrogens is 2. The molecule has 0 spiro atoms. The van der Waals surface area contributed by atoms with Crippen molar-refractivity contribution in [1.82, 2.24) is 9.78 Å². The molecule has 30 heavy (non-hydrogen) atoms. The molecule has 0 bridgehead atoms. The van der Waals surface area contributed by atoms with E-state index < -0.39 is 11.9 Å². The molecular weight excluding hydrogens is 382 g/mol. The third-order valence-corrected chi connectivity index (χ3v) is 4.58. The first-order valence-corrected chi connectivity index (χ1v) is 9.71. The molecule has 0 unspecified atom stereocenters. The maximum atomic E-state index is 12.3. The van der Waals surface area contributed by atoms with Crippen molar-refractivity contribution in [2.45, 2.75) is 27.2 Å². The zero-order chi connectivity index (χ0) is 21.5. The van der Waals surface area contributed by atoms with Gasteiger partial charge in [0.05, 0.1) is 35.8 Å². The number of nitrogens with zero attached hydrogens (tertiary/aromatic N) is 2. The largest absolute Gasteiger partial charge is 0.493 e. The van der Waals surface area contributed by atoms with Crippen LogP contribution in [0.2, 0.25) is 0 Å². The molecule has 7 heteroatoms. The van der Waals surface area contributed by atoms with Crippen molar-refractivity contribution in [2.75, 3.05) is 18.5 Å². The Morgan fingerprint density at radius 2 is 1.70 bits per heavy atom. The first kappa shape index (κ1) is 21.1. The Morgan fingerprint density at radius 3 is 2.43 bits per heavy atom. The van der Waals surface area contributed by atoms with Crippen LogP contribution in [0.15, 0.2) is 54.6 Å². The molecule has 0 aliphatic heterocycles. The molecule has 0 radical (unpaired) electrons. The summed E-state index contributed by atoms with van der Waals surface area (Å²) in [5, 5.41) is 7.27. The Balaban J connectivity index is 1.48. The number of hydrogen-bond acceptors (Lipinski definition) is 5. The van der Waals surface area contributed by atoms with Gasteiger partial charge in [-0.2, -0.15) is 5.10 Å². The third-order valence-electron chi connectivity index (χ3n) is 4.58. The second-order valence-corrected chi connectivity index (χ2v) is 6.87. The molecule has 1 N–H and O–H groups in total. The minimum Gasteiger partial charge on any atom is -0.493 e. The van der Waals surface area contributed by atoms with E-state index in [0.29, 0.717) is 11.4 Å². The van der Waals surface area contributed by atoms with Gasteiger partial charge in [-0.15, -0.1) is 0 Å². The number of hydrogen-bond donors (Lipinski definition) is 1. The van der Waals surface area contributed by atoms with Gasteiger partial charge in [-0.1, -0.05) is 36.4 Å². The van der Waals surface area contributed by atoms with E-state index in [1.165, 1.54) is 0 Å². The first-order valence-electron chi connectivity index (χ1n) is 9.71. The Labute approximate surface area is 175 Å². The van der Waals surface area contributed by atoms with Crippen LogP contribution in [0.25, 0.3) is 5.69 Å². The summed E-state index contributed by atoms with van der Waals surface area (Å²) in [4.78, 5) is 24.1. The highest BCUT2D eigenvalue weighted by Gasteiger charge is 2.16. The van der Waals surface area contributed by atoms with Gasteiger partial charge in [0.15, 0.2) is 6.61 Å². The van der Waals surface area contributed by atoms with E-state index in [1.54, 1.807) is 4.68 Å². The van der Waals surface area contributed by atoms with E-state index in [4.69, 9.17) is 9.47 Å². The monoisotopic (exact) mass is 407 g/mol. The maximum absolute atomic E-state index is 12.3. The molecular formula is C23H25N3O4. The summed E-state index contributed by atoms with van der Waals surface area (Å²) in [5.41, 5.74) is 3.99. The van der Waals surface area contributed by atoms with E-state index in [9.17, 15) is 9.59 Å². The summed E-state index contributed by atoms with van der Waals surface area (Å²) >= 11 is 0. The maximum Gasteiger partial charge on any atom is 0.309 e. The number of esters is 1. The van der Waals surface area contributed by atoms with Gasteiger partial charge in [-0.3, -0.25) is 9.59 Å². The fourth-order valence-corrected chi connectivity index (χ4v) is 3.00. The lowest BCUT2D eigenvalue weighted by molar-refractivity contribution is -0.147. The van der Waals surface area contributed by atoms with E-state index in [0.717, 1.165) is 22.7 Å². The molecule has 3 aromatic rings. The molecule has 3 rings (SSSR count). The number of nitrogens with one attached hydrogen (secondary N) is 1. The molecule has 1 amide bonds. The van der Waals surface area contributed by atoms with Crippen LogP contribution >= 0.6 is 0 Å². The number of rotatable bonds is 8. The molecule has 7 nitrogen and oxygen atoms in total. The average Bonchev–Trinajstić information content (AvgIpc) is 3.02. The highest BCUT2D eigenvalue weighted by molar-refractivity contribution is 5.93. The second-order valence-electron chi connectivity index (χ2n) is 6.87. The summed E-state index contributed by atoms with van der Waals surface area (Å²) in [5.74, 6) is -0.182. The summed E-state index contributed by atoms with van der Waals surface area (Å²) in [6, 6.07) is 17.2. The Kier molecular flexibility index (Phi) is 6.85. The summed E-state index contributed by atoms with van der Waals surface area (Å²) in [6.45, 7) is 5.45. The van der Waals surface area contributed by atoms with Crippen molar-refractivity contribution in [3.8, 4) is 11.4 Å². The zero-order valence-electron chi connectivity index (χ0n) is 17.3. The van der Waals surface area contributed by atoms with Gasteiger partial charge < -0.3 is 14.8 Å². The van der Waals surface area contributed by atoms with Crippen molar-refractivity contribution >= 4 is 17.6 Å². The van der Waals surface area contributed by atoms with Crippen LogP contribution in [0, 0.1) is 20.8 Å². The topological polar surface area (TPSA) is 82.4 Å². The van der Waals surface area contributed by atoms with Crippen LogP contribution in [0.4, 0.5) is 5.69 Å². The van der Waals surface area contributed by atoms with Crippen LogP contribution in [-0.2, 0) is 14.3 Å². The lowest BCUT2D eigenvalue weighted by atomic mass is 10.2. The summed E-state index contributed by atoms with van der Waals surface area (Å²) in [6.07, 6.45) is 0.0611. The second kappa shape index (κ2) is 9.73. The minimum absolute atomic E-state index is 0.0611. The first-order chi connectivity index (χ1) is 14.5. The number of carbonyl (C=O) groups is 2. The van der Waals surface area contributed by atoms with Gasteiger partial charge in [0.1, 0.15) is 5.75 Å². The van der Waals surface area contributed by atoms with Crippen LogP contribution in [0.3, 0.4) is 0 Å². The van der Waals surface area contributed by atoms with Gasteiger partial charge in [-0.05, 0) is 44.5 Å². The molecule has 156 valence electrons. The highest BCUT2D eigenvalue weighted by Crippen LogP contribution is 2.22. The number of para-hydroxylation sites is 2. The average molecular weight is 407 g/mol. The van der Waals surface area contributed by atoms with Crippen molar-refractivity contribution in [3.05, 3.63) is 71.5 Å². The van der Waals surface area contributed by atoms with Crippen molar-refractivity contribution in [2.24, 2.45) is 0 Å². The molecule has 0 fully saturated rings. The molecule has 0 saturated heterocycles. The van der Waals surface area contributed by atoms with Crippen molar-refractivity contribution in [3.63, 3.8) is 0 Å². The molecule has 1 heterocycles. The quantitative estimate of drug-likeness (QED) is 0.575. The lowest BCUT2D eigenvalue weighted by Crippen LogP contribution is -2.22. The molecule has 0 atom stereocenters. The Morgan fingerprint density at radius 1 is 1.00 bits per heavy atom. The standard InChI is InChI=1S/C23H25N3O4/c1-16-9-7-8-12-20(16)29-14-13-22(28)30-15-21(27)24-23-17(2)25-26(18(23)3)19-10-5-4-6-11-19/h4-12H,13-15H2,1-3H3,(H,24,27). The molecule has 0 saturated carbocycles. The number of ether oxygens (including phenoxy) is 2. The SMILES string of the molecule is Cc1ccccc1OCCC(=O)OCC(=O)Nc1c(C)nn(-c2ccccc2)c1C. The minimum atomic E-state index is -0.493. The van der Waals surface area contributed by atoms with Crippen molar-refractivity contribution in [1.29, 1.82) is 0 Å². The predicted octanol–water partition coefficient (Wildman–Crippen LogP) is 3.75. The van der Waals surface area contributed by atoms with E-state index >= 15 is 0 Å². The summed E-state index contributed by atoms with van der Waals surface area (Å²) in [7, 11) is 0. The molecule has 0 aliphatic carbocycles. The van der Waals surface area contributed by atoms with Gasteiger partial charge in [0.25, 0.3) is 5.91 Å². The van der Waals surface area contributed by atoms with E-state index in [1.807, 2.05) is 75.4 Å². The fraction of sp³-hybridized carbons (Fsp3) is 0.261. The van der Waals surface area contributed by atoms with Crippen LogP contribution in [-0.4, -0.2) is 34.9 Å². The molecule has 2 aromatic carbocycles. The number of aryl methyl sites for hydroxylation is 2. The predicted molar refractivity (Wildman–Crippen MR) is 114 cm³/mol. The number of benzene rings is 2. The van der Waals surface area contributed by atoms with Gasteiger partial charge in [0, 0.05) is 0 Å². The van der Waals surface area contributed by atoms with E-state index in [2.05, 4.69) is 10.4 Å². The van der Waals surface area contributed by atoms with Gasteiger partial charge in [0.2, 0.25) is 0 Å². The van der Waals surface area contributed by atoms with Crippen molar-refractivity contribution < 1.29 is 19.1 Å². The number of carbonyl (C=O) groups excluding carboxylic acids is 2. The Bertz CT molecular complexity index is 1030. The normalized spacial score (nSPS) is 10.5. The smallest absolute Gasteiger partial charge is 0.309 e. The van der Waals surface area contributed by atoms with Gasteiger partial charge >= 0.3 is 5.97 Å². The molecule has 1 aromatic heterocycles. The number of amides is 1. The van der Waals surface area contributed by atoms with Gasteiger partial charge in [-0.25, -0.2) is 4.68 Å². The Hall–Kier alpha value is -3.61. The third kappa shape index (κ3) is 5.26. The summed E-state index contributed by atoms with van der Waals surface area (Å²) < 4.78 is 12.4. The van der Waals surface area contributed by atoms with E-state index in [-0.39, 0.29) is 19.6 Å². The lowest BCUT2D eigenvalue weighted by Gasteiger charge is -2.09. The highest BCUT2D eigenvalue weighted by atomic mass is 16.5. The number of anilines is 1. The van der Waals surface area contributed by atoms with Crippen LogP contribution in [0.5, 0.6) is 5.75 Å². The molecule has 0 aliphatic rings. The van der Waals surface area contributed by atoms with Crippen LogP contribution in [0.1, 0.15) is 23.4 Å².